The van der Waals surface area contributed by atoms with E-state index >= 15 is 0 Å². The minimum Gasteiger partial charge on any atom is -0.494 e. The van der Waals surface area contributed by atoms with Gasteiger partial charge in [-0.3, -0.25) is 0 Å². The summed E-state index contributed by atoms with van der Waals surface area (Å²) in [7, 11) is 1.99. The zero-order chi connectivity index (χ0) is 11.8. The summed E-state index contributed by atoms with van der Waals surface area (Å²) in [5, 5.41) is 3.16. The summed E-state index contributed by atoms with van der Waals surface area (Å²) in [6, 6.07) is 6.24. The van der Waals surface area contributed by atoms with Crippen LogP contribution in [0.2, 0.25) is 0 Å². The van der Waals surface area contributed by atoms with E-state index in [0.717, 1.165) is 23.2 Å². The molecule has 0 amide bonds. The lowest BCUT2D eigenvalue weighted by Crippen LogP contribution is -2.07. The van der Waals surface area contributed by atoms with Crippen LogP contribution in [0.4, 0.5) is 0 Å². The molecule has 0 aromatic heterocycles. The largest absolute Gasteiger partial charge is 0.494 e. The topological polar surface area (TPSA) is 21.3 Å². The van der Waals surface area contributed by atoms with Crippen molar-refractivity contribution in [3.63, 3.8) is 0 Å². The molecule has 1 N–H and O–H groups in total. The number of rotatable bonds is 7. The van der Waals surface area contributed by atoms with Gasteiger partial charge in [-0.25, -0.2) is 0 Å². The molecule has 0 saturated carbocycles. The molecular weight excluding hydrogens is 266 g/mol. The van der Waals surface area contributed by atoms with Crippen LogP contribution in [0.25, 0.3) is 0 Å². The minimum atomic E-state index is 0.716. The third-order valence-corrected chi connectivity index (χ3v) is 3.20. The SMILES string of the molecule is CCOc1ccc(CCCCNC)c(Br)c1. The van der Waals surface area contributed by atoms with Gasteiger partial charge < -0.3 is 10.1 Å². The Balaban J connectivity index is 2.47. The van der Waals surface area contributed by atoms with Gasteiger partial charge >= 0.3 is 0 Å². The third-order valence-electron chi connectivity index (χ3n) is 2.46. The van der Waals surface area contributed by atoms with E-state index in [2.05, 4.69) is 33.4 Å². The predicted molar refractivity (Wildman–Crippen MR) is 72.2 cm³/mol. The highest BCUT2D eigenvalue weighted by molar-refractivity contribution is 9.10. The first kappa shape index (κ1) is 13.5. The summed E-state index contributed by atoms with van der Waals surface area (Å²) in [4.78, 5) is 0. The lowest BCUT2D eigenvalue weighted by Gasteiger charge is -2.08. The van der Waals surface area contributed by atoms with E-state index in [-0.39, 0.29) is 0 Å². The van der Waals surface area contributed by atoms with E-state index in [9.17, 15) is 0 Å². The predicted octanol–water partition coefficient (Wildman–Crippen LogP) is 3.39. The van der Waals surface area contributed by atoms with E-state index in [1.54, 1.807) is 0 Å². The van der Waals surface area contributed by atoms with Crippen molar-refractivity contribution in [2.24, 2.45) is 0 Å². The molecule has 0 saturated heterocycles. The highest BCUT2D eigenvalue weighted by atomic mass is 79.9. The molecule has 0 bridgehead atoms. The number of hydrogen-bond acceptors (Lipinski definition) is 2. The first-order valence-electron chi connectivity index (χ1n) is 5.83. The van der Waals surface area contributed by atoms with Crippen LogP contribution < -0.4 is 10.1 Å². The van der Waals surface area contributed by atoms with Gasteiger partial charge in [0.25, 0.3) is 0 Å². The summed E-state index contributed by atoms with van der Waals surface area (Å²) >= 11 is 3.59. The second-order valence-corrected chi connectivity index (χ2v) is 4.60. The van der Waals surface area contributed by atoms with E-state index in [4.69, 9.17) is 4.74 Å². The molecule has 0 unspecified atom stereocenters. The molecule has 0 aliphatic carbocycles. The summed E-state index contributed by atoms with van der Waals surface area (Å²) in [6.07, 6.45) is 3.55. The number of unbranched alkanes of at least 4 members (excludes halogenated alkanes) is 1. The van der Waals surface area contributed by atoms with Crippen LogP contribution in [-0.2, 0) is 6.42 Å². The Morgan fingerprint density at radius 3 is 2.75 bits per heavy atom. The van der Waals surface area contributed by atoms with Gasteiger partial charge in [0.05, 0.1) is 6.61 Å². The van der Waals surface area contributed by atoms with E-state index < -0.39 is 0 Å². The fraction of sp³-hybridized carbons (Fsp3) is 0.538. The molecule has 0 heterocycles. The summed E-state index contributed by atoms with van der Waals surface area (Å²) in [5.41, 5.74) is 1.36. The van der Waals surface area contributed by atoms with Crippen molar-refractivity contribution < 1.29 is 4.74 Å². The number of hydrogen-bond donors (Lipinski definition) is 1. The van der Waals surface area contributed by atoms with Gasteiger partial charge in [0.2, 0.25) is 0 Å². The van der Waals surface area contributed by atoms with Crippen molar-refractivity contribution in [3.05, 3.63) is 28.2 Å². The Bertz CT molecular complexity index is 315. The van der Waals surface area contributed by atoms with Gasteiger partial charge in [-0.2, -0.15) is 0 Å². The lowest BCUT2D eigenvalue weighted by atomic mass is 10.1. The quantitative estimate of drug-likeness (QED) is 0.776. The van der Waals surface area contributed by atoms with Crippen molar-refractivity contribution in [1.29, 1.82) is 0 Å². The van der Waals surface area contributed by atoms with Crippen LogP contribution in [0.5, 0.6) is 5.75 Å². The Labute approximate surface area is 107 Å². The van der Waals surface area contributed by atoms with Crippen LogP contribution in [0, 0.1) is 0 Å². The number of aryl methyl sites for hydroxylation is 1. The molecule has 0 radical (unpaired) electrons. The number of halogens is 1. The van der Waals surface area contributed by atoms with Crippen LogP contribution in [-0.4, -0.2) is 20.2 Å². The molecule has 1 aromatic carbocycles. The maximum atomic E-state index is 5.44. The molecule has 0 fully saturated rings. The second-order valence-electron chi connectivity index (χ2n) is 3.75. The zero-order valence-electron chi connectivity index (χ0n) is 10.1. The smallest absolute Gasteiger partial charge is 0.120 e. The monoisotopic (exact) mass is 285 g/mol. The molecule has 0 aliphatic rings. The number of ether oxygens (including phenoxy) is 1. The molecule has 1 rings (SSSR count). The van der Waals surface area contributed by atoms with E-state index in [1.165, 1.54) is 18.4 Å². The molecule has 16 heavy (non-hydrogen) atoms. The first-order valence-corrected chi connectivity index (χ1v) is 6.63. The minimum absolute atomic E-state index is 0.716. The Hall–Kier alpha value is -0.540. The Kier molecular flexibility index (Phi) is 6.50. The number of benzene rings is 1. The molecule has 0 aliphatic heterocycles. The van der Waals surface area contributed by atoms with Crippen molar-refractivity contribution in [1.82, 2.24) is 5.32 Å². The highest BCUT2D eigenvalue weighted by Gasteiger charge is 2.01. The van der Waals surface area contributed by atoms with E-state index in [1.807, 2.05) is 20.0 Å². The van der Waals surface area contributed by atoms with Gasteiger partial charge in [0.1, 0.15) is 5.75 Å². The molecule has 3 heteroatoms. The normalized spacial score (nSPS) is 10.4. The summed E-state index contributed by atoms with van der Waals surface area (Å²) < 4.78 is 6.60. The van der Waals surface area contributed by atoms with Crippen molar-refractivity contribution in [2.75, 3.05) is 20.2 Å². The number of nitrogens with one attached hydrogen (secondary N) is 1. The molecular formula is C13H20BrNO. The van der Waals surface area contributed by atoms with Crippen molar-refractivity contribution >= 4 is 15.9 Å². The van der Waals surface area contributed by atoms with Crippen LogP contribution >= 0.6 is 15.9 Å². The Morgan fingerprint density at radius 2 is 2.12 bits per heavy atom. The second kappa shape index (κ2) is 7.69. The standard InChI is InChI=1S/C13H20BrNO/c1-3-16-12-8-7-11(13(14)10-12)6-4-5-9-15-2/h7-8,10,15H,3-6,9H2,1-2H3. The molecule has 90 valence electrons. The average molecular weight is 286 g/mol. The third kappa shape index (κ3) is 4.54. The van der Waals surface area contributed by atoms with Gasteiger partial charge in [0.15, 0.2) is 0 Å². The Morgan fingerprint density at radius 1 is 1.31 bits per heavy atom. The zero-order valence-corrected chi connectivity index (χ0v) is 11.6. The first-order chi connectivity index (χ1) is 7.77. The van der Waals surface area contributed by atoms with Crippen LogP contribution in [0.3, 0.4) is 0 Å². The average Bonchev–Trinajstić information content (AvgIpc) is 2.27. The van der Waals surface area contributed by atoms with Crippen molar-refractivity contribution in [3.8, 4) is 5.75 Å². The summed E-state index contributed by atoms with van der Waals surface area (Å²) in [5.74, 6) is 0.938. The molecule has 1 aromatic rings. The molecule has 0 atom stereocenters. The summed E-state index contributed by atoms with van der Waals surface area (Å²) in [6.45, 7) is 3.81. The fourth-order valence-electron chi connectivity index (χ4n) is 1.60. The molecule has 2 nitrogen and oxygen atoms in total. The van der Waals surface area contributed by atoms with Gasteiger partial charge in [-0.1, -0.05) is 22.0 Å². The van der Waals surface area contributed by atoms with Gasteiger partial charge in [-0.15, -0.1) is 0 Å². The fourth-order valence-corrected chi connectivity index (χ4v) is 2.16. The maximum Gasteiger partial charge on any atom is 0.120 e. The molecule has 0 spiro atoms. The van der Waals surface area contributed by atoms with Gasteiger partial charge in [0, 0.05) is 4.47 Å². The van der Waals surface area contributed by atoms with Crippen LogP contribution in [0.1, 0.15) is 25.3 Å². The van der Waals surface area contributed by atoms with Crippen LogP contribution in [0.15, 0.2) is 22.7 Å². The van der Waals surface area contributed by atoms with E-state index in [0.29, 0.717) is 6.61 Å². The highest BCUT2D eigenvalue weighted by Crippen LogP contribution is 2.24. The maximum absolute atomic E-state index is 5.44. The van der Waals surface area contributed by atoms with Crippen molar-refractivity contribution in [2.45, 2.75) is 26.2 Å². The van der Waals surface area contributed by atoms with Gasteiger partial charge in [-0.05, 0) is 57.5 Å². The lowest BCUT2D eigenvalue weighted by molar-refractivity contribution is 0.340.